The third-order valence-electron chi connectivity index (χ3n) is 1.81. The highest BCUT2D eigenvalue weighted by Gasteiger charge is 2.03. The molecule has 0 fully saturated rings. The molecule has 2 heteroatoms. The molecule has 13 heavy (non-hydrogen) atoms. The Balaban J connectivity index is 0.000000671. The molecule has 74 valence electrons. The molecule has 2 N–H and O–H groups in total. The summed E-state index contributed by atoms with van der Waals surface area (Å²) in [6.07, 6.45) is 0. The van der Waals surface area contributed by atoms with E-state index in [0.29, 0.717) is 11.7 Å². The number of aryl methyl sites for hydroxylation is 1. The monoisotopic (exact) mass is 182 g/mol. The molecule has 0 radical (unpaired) electrons. The van der Waals surface area contributed by atoms with Gasteiger partial charge in [0.1, 0.15) is 5.75 Å². The quantitative estimate of drug-likeness (QED) is 0.700. The van der Waals surface area contributed by atoms with E-state index in [9.17, 15) is 5.11 Å². The molecular formula is C11H18O2. The molecule has 0 heterocycles. The van der Waals surface area contributed by atoms with E-state index in [1.807, 2.05) is 19.1 Å². The topological polar surface area (TPSA) is 40.5 Å². The van der Waals surface area contributed by atoms with Gasteiger partial charge in [-0.15, -0.1) is 0 Å². The molecule has 1 aromatic carbocycles. The third kappa shape index (κ3) is 3.47. The lowest BCUT2D eigenvalue weighted by atomic mass is 10.0. The number of hydrogen-bond donors (Lipinski definition) is 2. The minimum Gasteiger partial charge on any atom is -0.508 e. The number of benzene rings is 1. The molecule has 0 aliphatic carbocycles. The molecular weight excluding hydrogens is 164 g/mol. The molecule has 0 unspecified atom stereocenters. The second-order valence-corrected chi connectivity index (χ2v) is 3.22. The molecule has 0 saturated heterocycles. The summed E-state index contributed by atoms with van der Waals surface area (Å²) in [6.45, 7) is 6.12. The molecule has 0 bridgehead atoms. The summed E-state index contributed by atoms with van der Waals surface area (Å²) in [5.41, 5.74) is 2.13. The van der Waals surface area contributed by atoms with Crippen molar-refractivity contribution in [2.24, 2.45) is 0 Å². The van der Waals surface area contributed by atoms with Crippen LogP contribution in [0.25, 0.3) is 0 Å². The molecule has 0 atom stereocenters. The first-order chi connectivity index (χ1) is 6.11. The van der Waals surface area contributed by atoms with E-state index in [0.717, 1.165) is 18.2 Å². The van der Waals surface area contributed by atoms with E-state index in [1.165, 1.54) is 0 Å². The van der Waals surface area contributed by atoms with Gasteiger partial charge >= 0.3 is 0 Å². The number of aliphatic hydroxyl groups is 1. The first-order valence-corrected chi connectivity index (χ1v) is 4.35. The second kappa shape index (κ2) is 5.60. The summed E-state index contributed by atoms with van der Waals surface area (Å²) in [5, 5.41) is 16.5. The van der Waals surface area contributed by atoms with Crippen molar-refractivity contribution in [1.82, 2.24) is 0 Å². The van der Waals surface area contributed by atoms with Crippen LogP contribution in [0.2, 0.25) is 0 Å². The fourth-order valence-corrected chi connectivity index (χ4v) is 1.14. The molecule has 1 rings (SSSR count). The Labute approximate surface area is 79.9 Å². The fourth-order valence-electron chi connectivity index (χ4n) is 1.14. The van der Waals surface area contributed by atoms with E-state index < -0.39 is 0 Å². The van der Waals surface area contributed by atoms with Crippen LogP contribution in [0.3, 0.4) is 0 Å². The van der Waals surface area contributed by atoms with Gasteiger partial charge in [-0.25, -0.2) is 0 Å². The third-order valence-corrected chi connectivity index (χ3v) is 1.81. The van der Waals surface area contributed by atoms with Gasteiger partial charge in [0, 0.05) is 7.11 Å². The van der Waals surface area contributed by atoms with Crippen LogP contribution in [0.5, 0.6) is 5.75 Å². The largest absolute Gasteiger partial charge is 0.508 e. The van der Waals surface area contributed by atoms with Crippen molar-refractivity contribution in [3.63, 3.8) is 0 Å². The average Bonchev–Trinajstić information content (AvgIpc) is 2.07. The number of phenols is 1. The maximum atomic E-state index is 9.46. The summed E-state index contributed by atoms with van der Waals surface area (Å²) in [5.74, 6) is 0.815. The van der Waals surface area contributed by atoms with Crippen LogP contribution in [-0.4, -0.2) is 17.3 Å². The van der Waals surface area contributed by atoms with Crippen molar-refractivity contribution >= 4 is 0 Å². The number of aromatic hydroxyl groups is 1. The van der Waals surface area contributed by atoms with E-state index in [2.05, 4.69) is 13.8 Å². The predicted octanol–water partition coefficient (Wildman–Crippen LogP) is 2.43. The van der Waals surface area contributed by atoms with Crippen LogP contribution in [0.15, 0.2) is 18.2 Å². The Bertz CT molecular complexity index is 254. The van der Waals surface area contributed by atoms with Crippen molar-refractivity contribution in [2.45, 2.75) is 26.7 Å². The van der Waals surface area contributed by atoms with Gasteiger partial charge in [0.2, 0.25) is 0 Å². The lowest BCUT2D eigenvalue weighted by Crippen LogP contribution is -1.87. The van der Waals surface area contributed by atoms with Crippen LogP contribution >= 0.6 is 0 Å². The molecule has 0 amide bonds. The SMILES string of the molecule is CO.Cc1ccc(C(C)C)c(O)c1. The van der Waals surface area contributed by atoms with Crippen molar-refractivity contribution < 1.29 is 10.2 Å². The molecule has 1 aromatic rings. The lowest BCUT2D eigenvalue weighted by molar-refractivity contribution is 0.399. The zero-order valence-corrected chi connectivity index (χ0v) is 8.70. The Hall–Kier alpha value is -1.02. The summed E-state index contributed by atoms with van der Waals surface area (Å²) in [7, 11) is 1.00. The van der Waals surface area contributed by atoms with Gasteiger partial charge in [0.15, 0.2) is 0 Å². The van der Waals surface area contributed by atoms with Crippen LogP contribution in [-0.2, 0) is 0 Å². The van der Waals surface area contributed by atoms with E-state index in [4.69, 9.17) is 5.11 Å². The van der Waals surface area contributed by atoms with Gasteiger partial charge < -0.3 is 10.2 Å². The van der Waals surface area contributed by atoms with Gasteiger partial charge in [0.05, 0.1) is 0 Å². The summed E-state index contributed by atoms with van der Waals surface area (Å²) in [6, 6.07) is 5.81. The number of aliphatic hydroxyl groups excluding tert-OH is 1. The molecule has 0 aromatic heterocycles. The van der Waals surface area contributed by atoms with Crippen molar-refractivity contribution in [1.29, 1.82) is 0 Å². The number of hydrogen-bond acceptors (Lipinski definition) is 2. The molecule has 0 aliphatic heterocycles. The fraction of sp³-hybridized carbons (Fsp3) is 0.455. The molecule has 0 saturated carbocycles. The zero-order valence-electron chi connectivity index (χ0n) is 8.70. The van der Waals surface area contributed by atoms with Gasteiger partial charge in [-0.2, -0.15) is 0 Å². The molecule has 2 nitrogen and oxygen atoms in total. The summed E-state index contributed by atoms with van der Waals surface area (Å²) >= 11 is 0. The minimum atomic E-state index is 0.399. The standard InChI is InChI=1S/C10H14O.CH4O/c1-7(2)9-5-4-8(3)6-10(9)11;1-2/h4-7,11H,1-3H3;2H,1H3. The first kappa shape index (κ1) is 12.0. The van der Waals surface area contributed by atoms with Gasteiger partial charge in [0.25, 0.3) is 0 Å². The normalized spacial score (nSPS) is 9.38. The maximum absolute atomic E-state index is 9.46. The minimum absolute atomic E-state index is 0.399. The Morgan fingerprint density at radius 1 is 1.15 bits per heavy atom. The van der Waals surface area contributed by atoms with E-state index in [1.54, 1.807) is 6.07 Å². The van der Waals surface area contributed by atoms with Crippen molar-refractivity contribution in [2.75, 3.05) is 7.11 Å². The van der Waals surface area contributed by atoms with Crippen molar-refractivity contribution in [3.05, 3.63) is 29.3 Å². The predicted molar refractivity (Wildman–Crippen MR) is 55.1 cm³/mol. The lowest BCUT2D eigenvalue weighted by Gasteiger charge is -2.07. The molecule has 0 spiro atoms. The maximum Gasteiger partial charge on any atom is 0.119 e. The summed E-state index contributed by atoms with van der Waals surface area (Å²) < 4.78 is 0. The van der Waals surface area contributed by atoms with Gasteiger partial charge in [-0.1, -0.05) is 26.0 Å². The Kier molecular flexibility index (Phi) is 5.16. The van der Waals surface area contributed by atoms with Crippen LogP contribution in [0.1, 0.15) is 30.9 Å². The number of rotatable bonds is 1. The zero-order chi connectivity index (χ0) is 10.4. The number of phenolic OH excluding ortho intramolecular Hbond substituents is 1. The van der Waals surface area contributed by atoms with Gasteiger partial charge in [-0.3, -0.25) is 0 Å². The highest BCUT2D eigenvalue weighted by molar-refractivity contribution is 5.37. The highest BCUT2D eigenvalue weighted by Crippen LogP contribution is 2.25. The van der Waals surface area contributed by atoms with Crippen LogP contribution in [0.4, 0.5) is 0 Å². The van der Waals surface area contributed by atoms with Crippen LogP contribution < -0.4 is 0 Å². The van der Waals surface area contributed by atoms with E-state index in [-0.39, 0.29) is 0 Å². The van der Waals surface area contributed by atoms with E-state index >= 15 is 0 Å². The highest BCUT2D eigenvalue weighted by atomic mass is 16.3. The van der Waals surface area contributed by atoms with Crippen LogP contribution in [0, 0.1) is 6.92 Å². The first-order valence-electron chi connectivity index (χ1n) is 4.35. The smallest absolute Gasteiger partial charge is 0.119 e. The molecule has 0 aliphatic rings. The summed E-state index contributed by atoms with van der Waals surface area (Å²) in [4.78, 5) is 0. The Morgan fingerprint density at radius 3 is 2.08 bits per heavy atom. The second-order valence-electron chi connectivity index (χ2n) is 3.22. The Morgan fingerprint density at radius 2 is 1.69 bits per heavy atom. The average molecular weight is 182 g/mol. The van der Waals surface area contributed by atoms with Gasteiger partial charge in [-0.05, 0) is 30.0 Å². The van der Waals surface area contributed by atoms with Crippen molar-refractivity contribution in [3.8, 4) is 5.75 Å².